The Bertz CT molecular complexity index is 564. The van der Waals surface area contributed by atoms with Crippen LogP contribution in [-0.2, 0) is 16.6 Å². The Kier molecular flexibility index (Phi) is 4.84. The molecule has 0 spiro atoms. The summed E-state index contributed by atoms with van der Waals surface area (Å²) < 4.78 is 38.8. The number of nitrogens with zero attached hydrogens (tertiary/aromatic N) is 1. The van der Waals surface area contributed by atoms with Crippen molar-refractivity contribution in [1.82, 2.24) is 4.31 Å². The molecule has 0 bridgehead atoms. The maximum absolute atomic E-state index is 13.3. The quantitative estimate of drug-likeness (QED) is 0.810. The molecule has 0 saturated heterocycles. The smallest absolute Gasteiger partial charge is 0.243 e. The summed E-state index contributed by atoms with van der Waals surface area (Å²) in [6.07, 6.45) is 5.12. The lowest BCUT2D eigenvalue weighted by atomic mass is 10.2. The first kappa shape index (κ1) is 14.6. The molecule has 1 aromatic carbocycles. The maximum atomic E-state index is 13.3. The Hall–Kier alpha value is -1.42. The van der Waals surface area contributed by atoms with Gasteiger partial charge in [0.2, 0.25) is 10.0 Å². The fraction of sp³-hybridized carbons (Fsp3) is 0.333. The lowest BCUT2D eigenvalue weighted by Crippen LogP contribution is -2.31. The van der Waals surface area contributed by atoms with E-state index in [2.05, 4.69) is 5.92 Å². The van der Waals surface area contributed by atoms with Crippen LogP contribution in [-0.4, -0.2) is 25.8 Å². The third-order valence-electron chi connectivity index (χ3n) is 2.50. The summed E-state index contributed by atoms with van der Waals surface area (Å²) in [4.78, 5) is 0.00134. The Morgan fingerprint density at radius 1 is 1.50 bits per heavy atom. The van der Waals surface area contributed by atoms with Crippen LogP contribution in [0, 0.1) is 18.2 Å². The van der Waals surface area contributed by atoms with E-state index >= 15 is 0 Å². The van der Waals surface area contributed by atoms with E-state index < -0.39 is 15.8 Å². The van der Waals surface area contributed by atoms with Gasteiger partial charge in [0.25, 0.3) is 0 Å². The number of hydrogen-bond donors (Lipinski definition) is 1. The molecule has 0 aliphatic carbocycles. The minimum absolute atomic E-state index is 0.00134. The molecular formula is C12H15FN2O2S. The minimum Gasteiger partial charge on any atom is -0.326 e. The second kappa shape index (κ2) is 5.96. The number of sulfonamides is 1. The molecule has 0 atom stereocenters. The number of benzene rings is 1. The number of hydrogen-bond acceptors (Lipinski definition) is 3. The third kappa shape index (κ3) is 2.88. The topological polar surface area (TPSA) is 63.4 Å². The summed E-state index contributed by atoms with van der Waals surface area (Å²) in [7, 11) is -3.69. The Morgan fingerprint density at radius 2 is 2.17 bits per heavy atom. The third-order valence-corrected chi connectivity index (χ3v) is 4.41. The molecule has 4 nitrogen and oxygen atoms in total. The van der Waals surface area contributed by atoms with E-state index in [0.717, 1.165) is 10.4 Å². The van der Waals surface area contributed by atoms with E-state index in [-0.39, 0.29) is 30.1 Å². The Morgan fingerprint density at radius 3 is 2.67 bits per heavy atom. The van der Waals surface area contributed by atoms with Crippen molar-refractivity contribution in [3.63, 3.8) is 0 Å². The zero-order chi connectivity index (χ0) is 13.8. The maximum Gasteiger partial charge on any atom is 0.243 e. The molecule has 0 heterocycles. The minimum atomic E-state index is -3.69. The average molecular weight is 270 g/mol. The van der Waals surface area contributed by atoms with Crippen LogP contribution in [0.3, 0.4) is 0 Å². The molecule has 1 rings (SSSR count). The second-order valence-electron chi connectivity index (χ2n) is 3.59. The molecule has 0 unspecified atom stereocenters. The molecule has 0 aliphatic heterocycles. The van der Waals surface area contributed by atoms with Gasteiger partial charge >= 0.3 is 0 Å². The summed E-state index contributed by atoms with van der Waals surface area (Å²) in [5.74, 6) is 1.77. The Balaban J connectivity index is 3.24. The molecule has 0 aromatic heterocycles. The van der Waals surface area contributed by atoms with E-state index in [0.29, 0.717) is 0 Å². The van der Waals surface area contributed by atoms with E-state index in [1.807, 2.05) is 0 Å². The van der Waals surface area contributed by atoms with Crippen LogP contribution < -0.4 is 5.73 Å². The fourth-order valence-corrected chi connectivity index (χ4v) is 2.90. The predicted octanol–water partition coefficient (Wildman–Crippen LogP) is 0.928. The van der Waals surface area contributed by atoms with Gasteiger partial charge in [-0.15, -0.1) is 6.42 Å². The molecule has 0 amide bonds. The first-order valence-electron chi connectivity index (χ1n) is 5.39. The van der Waals surface area contributed by atoms with Crippen LogP contribution in [0.15, 0.2) is 23.1 Å². The first-order valence-corrected chi connectivity index (χ1v) is 6.83. The molecule has 0 radical (unpaired) electrons. The lowest BCUT2D eigenvalue weighted by Gasteiger charge is -2.18. The summed E-state index contributed by atoms with van der Waals surface area (Å²) in [5, 5.41) is 0. The summed E-state index contributed by atoms with van der Waals surface area (Å²) in [5.41, 5.74) is 5.51. The van der Waals surface area contributed by atoms with Crippen molar-refractivity contribution in [2.45, 2.75) is 18.4 Å². The summed E-state index contributed by atoms with van der Waals surface area (Å²) >= 11 is 0. The summed E-state index contributed by atoms with van der Waals surface area (Å²) in [6.45, 7) is 1.86. The summed E-state index contributed by atoms with van der Waals surface area (Å²) in [6, 6.07) is 3.55. The number of rotatable bonds is 5. The van der Waals surface area contributed by atoms with Crippen molar-refractivity contribution >= 4 is 10.0 Å². The molecule has 1 aromatic rings. The van der Waals surface area contributed by atoms with E-state index in [1.54, 1.807) is 6.92 Å². The van der Waals surface area contributed by atoms with Crippen LogP contribution >= 0.6 is 0 Å². The highest BCUT2D eigenvalue weighted by Crippen LogP contribution is 2.18. The standard InChI is InChI=1S/C12H15FN2O2S/c1-3-7-15(4-2)18(16,17)11-5-6-12(13)10(8-11)9-14/h1,5-6,8H,4,7,9,14H2,2H3. The van der Waals surface area contributed by atoms with Crippen molar-refractivity contribution in [2.24, 2.45) is 5.73 Å². The van der Waals surface area contributed by atoms with Crippen molar-refractivity contribution in [3.05, 3.63) is 29.6 Å². The van der Waals surface area contributed by atoms with E-state index in [4.69, 9.17) is 12.2 Å². The molecular weight excluding hydrogens is 255 g/mol. The molecule has 18 heavy (non-hydrogen) atoms. The lowest BCUT2D eigenvalue weighted by molar-refractivity contribution is 0.463. The highest BCUT2D eigenvalue weighted by Gasteiger charge is 2.23. The zero-order valence-corrected chi connectivity index (χ0v) is 10.9. The SMILES string of the molecule is C#CCN(CC)S(=O)(=O)c1ccc(F)c(CN)c1. The number of terminal acetylenes is 1. The van der Waals surface area contributed by atoms with Gasteiger partial charge in [-0.1, -0.05) is 12.8 Å². The first-order chi connectivity index (χ1) is 8.47. The highest BCUT2D eigenvalue weighted by atomic mass is 32.2. The molecule has 2 N–H and O–H groups in total. The largest absolute Gasteiger partial charge is 0.326 e. The van der Waals surface area contributed by atoms with Gasteiger partial charge in [-0.25, -0.2) is 12.8 Å². The second-order valence-corrected chi connectivity index (χ2v) is 5.53. The van der Waals surface area contributed by atoms with Gasteiger partial charge in [-0.3, -0.25) is 0 Å². The van der Waals surface area contributed by atoms with Crippen molar-refractivity contribution in [2.75, 3.05) is 13.1 Å². The van der Waals surface area contributed by atoms with Crippen LogP contribution in [0.1, 0.15) is 12.5 Å². The van der Waals surface area contributed by atoms with Gasteiger partial charge in [-0.2, -0.15) is 4.31 Å². The van der Waals surface area contributed by atoms with Crippen LogP contribution in [0.5, 0.6) is 0 Å². The van der Waals surface area contributed by atoms with Crippen LogP contribution in [0.2, 0.25) is 0 Å². The van der Waals surface area contributed by atoms with Crippen molar-refractivity contribution < 1.29 is 12.8 Å². The molecule has 0 saturated carbocycles. The van der Waals surface area contributed by atoms with Gasteiger partial charge in [0.05, 0.1) is 11.4 Å². The van der Waals surface area contributed by atoms with Gasteiger partial charge in [0, 0.05) is 18.7 Å². The predicted molar refractivity (Wildman–Crippen MR) is 67.6 cm³/mol. The molecule has 0 fully saturated rings. The van der Waals surface area contributed by atoms with Crippen molar-refractivity contribution in [3.8, 4) is 12.3 Å². The normalized spacial score (nSPS) is 11.5. The van der Waals surface area contributed by atoms with Crippen molar-refractivity contribution in [1.29, 1.82) is 0 Å². The highest BCUT2D eigenvalue weighted by molar-refractivity contribution is 7.89. The fourth-order valence-electron chi connectivity index (χ4n) is 1.49. The van der Waals surface area contributed by atoms with Gasteiger partial charge in [0.1, 0.15) is 5.82 Å². The monoisotopic (exact) mass is 270 g/mol. The van der Waals surface area contributed by atoms with Crippen LogP contribution in [0.4, 0.5) is 4.39 Å². The number of nitrogens with two attached hydrogens (primary N) is 1. The Labute approximate surface area is 107 Å². The zero-order valence-electron chi connectivity index (χ0n) is 10.1. The van der Waals surface area contributed by atoms with Gasteiger partial charge in [0.15, 0.2) is 0 Å². The van der Waals surface area contributed by atoms with Gasteiger partial charge in [-0.05, 0) is 18.2 Å². The average Bonchev–Trinajstić information content (AvgIpc) is 2.35. The number of halogens is 1. The van der Waals surface area contributed by atoms with E-state index in [1.165, 1.54) is 12.1 Å². The molecule has 98 valence electrons. The van der Waals surface area contributed by atoms with Crippen LogP contribution in [0.25, 0.3) is 0 Å². The van der Waals surface area contributed by atoms with Gasteiger partial charge < -0.3 is 5.73 Å². The van der Waals surface area contributed by atoms with E-state index in [9.17, 15) is 12.8 Å². The molecule has 6 heteroatoms. The molecule has 0 aliphatic rings.